The van der Waals surface area contributed by atoms with Crippen LogP contribution in [0.25, 0.3) is 10.9 Å². The van der Waals surface area contributed by atoms with Gasteiger partial charge in [-0.1, -0.05) is 13.0 Å². The van der Waals surface area contributed by atoms with Gasteiger partial charge in [0.2, 0.25) is 15.9 Å². The molecule has 0 bridgehead atoms. The highest BCUT2D eigenvalue weighted by Crippen LogP contribution is 2.29. The molecule has 2 N–H and O–H groups in total. The van der Waals surface area contributed by atoms with Gasteiger partial charge < -0.3 is 5.32 Å². The van der Waals surface area contributed by atoms with Crippen LogP contribution in [0, 0.1) is 5.92 Å². The van der Waals surface area contributed by atoms with Gasteiger partial charge in [-0.05, 0) is 36.4 Å². The molecule has 2 aromatic carbocycles. The van der Waals surface area contributed by atoms with Gasteiger partial charge in [-0.3, -0.25) is 14.7 Å². The molecule has 2 amide bonds. The number of carbonyl (C=O) groups excluding carboxylic acids is 2. The Hall–Kier alpha value is -3.20. The van der Waals surface area contributed by atoms with E-state index in [4.69, 9.17) is 0 Å². The average molecular weight is 384 g/mol. The van der Waals surface area contributed by atoms with Crippen molar-refractivity contribution in [3.05, 3.63) is 54.2 Å². The van der Waals surface area contributed by atoms with E-state index in [1.165, 1.54) is 12.1 Å². The summed E-state index contributed by atoms with van der Waals surface area (Å²) in [6, 6.07) is 11.3. The maximum absolute atomic E-state index is 12.6. The van der Waals surface area contributed by atoms with Crippen LogP contribution in [0.4, 0.5) is 11.4 Å². The lowest BCUT2D eigenvalue weighted by atomic mass is 10.1. The first kappa shape index (κ1) is 17.2. The predicted molar refractivity (Wildman–Crippen MR) is 101 cm³/mol. The molecule has 0 radical (unpaired) electrons. The molecule has 0 spiro atoms. The van der Waals surface area contributed by atoms with Crippen molar-refractivity contribution >= 4 is 44.1 Å². The standard InChI is InChI=1S/C18H16N4O4S/c1-11-10-27(25,26)22(18(11)24)15-4-2-3-12(7-15)17(23)20-14-6-5-13-9-19-21-16(13)8-14/h2-9,11H,10H2,1H3,(H,19,21)(H,20,23). The first-order chi connectivity index (χ1) is 12.8. The van der Waals surface area contributed by atoms with E-state index in [2.05, 4.69) is 15.5 Å². The fourth-order valence-electron chi connectivity index (χ4n) is 3.08. The Labute approximate surface area is 155 Å². The second-order valence-corrected chi connectivity index (χ2v) is 8.32. The molecule has 27 heavy (non-hydrogen) atoms. The number of rotatable bonds is 3. The molecular formula is C18H16N4O4S. The largest absolute Gasteiger partial charge is 0.322 e. The molecule has 1 fully saturated rings. The van der Waals surface area contributed by atoms with Crippen LogP contribution in [0.1, 0.15) is 17.3 Å². The smallest absolute Gasteiger partial charge is 0.255 e. The second kappa shape index (κ2) is 6.20. The topological polar surface area (TPSA) is 112 Å². The number of benzene rings is 2. The van der Waals surface area contributed by atoms with Crippen LogP contribution in [-0.4, -0.2) is 36.2 Å². The Morgan fingerprint density at radius 2 is 2.07 bits per heavy atom. The number of nitrogens with zero attached hydrogens (tertiary/aromatic N) is 2. The van der Waals surface area contributed by atoms with Crippen molar-refractivity contribution in [3.63, 3.8) is 0 Å². The minimum Gasteiger partial charge on any atom is -0.322 e. The van der Waals surface area contributed by atoms with E-state index in [-0.39, 0.29) is 17.0 Å². The molecule has 1 aliphatic heterocycles. The van der Waals surface area contributed by atoms with E-state index in [9.17, 15) is 18.0 Å². The molecule has 0 aliphatic carbocycles. The Bertz CT molecular complexity index is 1170. The van der Waals surface area contributed by atoms with Gasteiger partial charge in [-0.2, -0.15) is 5.10 Å². The lowest BCUT2D eigenvalue weighted by Gasteiger charge is -2.16. The van der Waals surface area contributed by atoms with Crippen LogP contribution in [-0.2, 0) is 14.8 Å². The maximum Gasteiger partial charge on any atom is 0.255 e. The van der Waals surface area contributed by atoms with Crippen LogP contribution >= 0.6 is 0 Å². The highest BCUT2D eigenvalue weighted by molar-refractivity contribution is 7.94. The lowest BCUT2D eigenvalue weighted by Crippen LogP contribution is -2.30. The summed E-state index contributed by atoms with van der Waals surface area (Å²) in [4.78, 5) is 24.8. The lowest BCUT2D eigenvalue weighted by molar-refractivity contribution is -0.119. The van der Waals surface area contributed by atoms with Gasteiger partial charge in [0.15, 0.2) is 0 Å². The Morgan fingerprint density at radius 1 is 1.26 bits per heavy atom. The molecule has 1 aromatic heterocycles. The zero-order valence-electron chi connectivity index (χ0n) is 14.3. The van der Waals surface area contributed by atoms with Gasteiger partial charge >= 0.3 is 0 Å². The fourth-order valence-corrected chi connectivity index (χ4v) is 4.89. The zero-order chi connectivity index (χ0) is 19.2. The second-order valence-electron chi connectivity index (χ2n) is 6.46. The van der Waals surface area contributed by atoms with Gasteiger partial charge in [-0.15, -0.1) is 0 Å². The third kappa shape index (κ3) is 3.06. The van der Waals surface area contributed by atoms with Crippen LogP contribution in [0.15, 0.2) is 48.7 Å². The summed E-state index contributed by atoms with van der Waals surface area (Å²) >= 11 is 0. The summed E-state index contributed by atoms with van der Waals surface area (Å²) in [5, 5.41) is 10.4. The molecule has 4 rings (SSSR count). The summed E-state index contributed by atoms with van der Waals surface area (Å²) in [6.07, 6.45) is 1.68. The van der Waals surface area contributed by atoms with Crippen LogP contribution < -0.4 is 9.62 Å². The summed E-state index contributed by atoms with van der Waals surface area (Å²) in [5.74, 6) is -1.73. The summed E-state index contributed by atoms with van der Waals surface area (Å²) in [7, 11) is -3.72. The summed E-state index contributed by atoms with van der Waals surface area (Å²) in [6.45, 7) is 1.57. The number of aromatic nitrogens is 2. The first-order valence-electron chi connectivity index (χ1n) is 8.26. The van der Waals surface area contributed by atoms with Gasteiger partial charge in [0.05, 0.1) is 29.1 Å². The molecule has 1 unspecified atom stereocenters. The number of fused-ring (bicyclic) bond motifs is 1. The van der Waals surface area contributed by atoms with Gasteiger partial charge in [-0.25, -0.2) is 12.7 Å². The van der Waals surface area contributed by atoms with E-state index >= 15 is 0 Å². The third-order valence-corrected chi connectivity index (χ3v) is 6.27. The van der Waals surface area contributed by atoms with Gasteiger partial charge in [0, 0.05) is 16.6 Å². The van der Waals surface area contributed by atoms with Crippen molar-refractivity contribution in [1.82, 2.24) is 10.2 Å². The number of hydrogen-bond acceptors (Lipinski definition) is 5. The van der Waals surface area contributed by atoms with E-state index in [1.54, 1.807) is 37.4 Å². The highest BCUT2D eigenvalue weighted by atomic mass is 32.2. The van der Waals surface area contributed by atoms with Crippen molar-refractivity contribution in [3.8, 4) is 0 Å². The van der Waals surface area contributed by atoms with Crippen LogP contribution in [0.5, 0.6) is 0 Å². The number of sulfonamides is 1. The highest BCUT2D eigenvalue weighted by Gasteiger charge is 2.42. The van der Waals surface area contributed by atoms with Gasteiger partial charge in [0.1, 0.15) is 0 Å². The quantitative estimate of drug-likeness (QED) is 0.718. The molecule has 0 saturated carbocycles. The predicted octanol–water partition coefficient (Wildman–Crippen LogP) is 2.13. The van der Waals surface area contributed by atoms with Crippen molar-refractivity contribution in [2.24, 2.45) is 5.92 Å². The summed E-state index contributed by atoms with van der Waals surface area (Å²) < 4.78 is 25.3. The zero-order valence-corrected chi connectivity index (χ0v) is 15.2. The van der Waals surface area contributed by atoms with Crippen molar-refractivity contribution in [1.29, 1.82) is 0 Å². The van der Waals surface area contributed by atoms with E-state index in [0.717, 1.165) is 15.2 Å². The van der Waals surface area contributed by atoms with E-state index < -0.39 is 27.8 Å². The van der Waals surface area contributed by atoms with Crippen molar-refractivity contribution in [2.75, 3.05) is 15.4 Å². The first-order valence-corrected chi connectivity index (χ1v) is 9.87. The molecule has 138 valence electrons. The average Bonchev–Trinajstić information content (AvgIpc) is 3.16. The molecule has 9 heteroatoms. The van der Waals surface area contributed by atoms with Crippen LogP contribution in [0.2, 0.25) is 0 Å². The van der Waals surface area contributed by atoms with Crippen LogP contribution in [0.3, 0.4) is 0 Å². The molecule has 1 saturated heterocycles. The fraction of sp³-hybridized carbons (Fsp3) is 0.167. The number of aromatic amines is 1. The number of carbonyl (C=O) groups is 2. The van der Waals surface area contributed by atoms with E-state index in [1.807, 2.05) is 6.07 Å². The van der Waals surface area contributed by atoms with E-state index in [0.29, 0.717) is 5.69 Å². The normalized spacial score (nSPS) is 18.8. The number of hydrogen-bond donors (Lipinski definition) is 2. The Kier molecular flexibility index (Phi) is 3.96. The Balaban J connectivity index is 1.62. The summed E-state index contributed by atoms with van der Waals surface area (Å²) in [5.41, 5.74) is 1.77. The Morgan fingerprint density at radius 3 is 2.81 bits per heavy atom. The van der Waals surface area contributed by atoms with Crippen molar-refractivity contribution < 1.29 is 18.0 Å². The van der Waals surface area contributed by atoms with Crippen molar-refractivity contribution in [2.45, 2.75) is 6.92 Å². The third-order valence-electron chi connectivity index (χ3n) is 4.40. The minimum absolute atomic E-state index is 0.168. The number of anilines is 2. The number of amides is 2. The molecule has 3 aromatic rings. The molecule has 2 heterocycles. The molecule has 1 atom stereocenters. The van der Waals surface area contributed by atoms with Gasteiger partial charge in [0.25, 0.3) is 5.91 Å². The minimum atomic E-state index is -3.72. The molecular weight excluding hydrogens is 368 g/mol. The maximum atomic E-state index is 12.6. The molecule has 8 nitrogen and oxygen atoms in total. The SMILES string of the molecule is CC1CS(=O)(=O)N(c2cccc(C(=O)Nc3ccc4cn[nH]c4c3)c2)C1=O. The number of nitrogens with one attached hydrogen (secondary N) is 2. The number of H-pyrrole nitrogens is 1. The molecule has 1 aliphatic rings. The monoisotopic (exact) mass is 384 g/mol.